The first-order valence-corrected chi connectivity index (χ1v) is 6.94. The van der Waals surface area contributed by atoms with Crippen molar-refractivity contribution in [2.45, 2.75) is 46.5 Å². The summed E-state index contributed by atoms with van der Waals surface area (Å²) in [6.45, 7) is 7.31. The number of rotatable bonds is 7. The number of carbonyl (C=O) groups excluding carboxylic acids is 1. The van der Waals surface area contributed by atoms with Crippen LogP contribution in [0.5, 0.6) is 0 Å². The standard InChI is InChI=1S/C16H25NO/c1-13(2)7-5-4-6-12-17-16(18)15-10-8-14(3)9-11-15/h8-11,13H,4-7,12H2,1-3H3,(H,17,18). The van der Waals surface area contributed by atoms with E-state index < -0.39 is 0 Å². The Morgan fingerprint density at radius 2 is 1.78 bits per heavy atom. The topological polar surface area (TPSA) is 29.1 Å². The molecule has 1 rings (SSSR count). The molecule has 0 saturated carbocycles. The maximum Gasteiger partial charge on any atom is 0.251 e. The molecule has 0 fully saturated rings. The lowest BCUT2D eigenvalue weighted by molar-refractivity contribution is 0.0953. The zero-order valence-electron chi connectivity index (χ0n) is 11.8. The van der Waals surface area contributed by atoms with Gasteiger partial charge in [-0.2, -0.15) is 0 Å². The second-order valence-corrected chi connectivity index (χ2v) is 5.37. The third-order valence-electron chi connectivity index (χ3n) is 3.06. The number of nitrogens with one attached hydrogen (secondary N) is 1. The van der Waals surface area contributed by atoms with E-state index in [0.29, 0.717) is 0 Å². The van der Waals surface area contributed by atoms with Gasteiger partial charge in [0.05, 0.1) is 0 Å². The normalized spacial score (nSPS) is 10.7. The minimum atomic E-state index is 0.0406. The molecule has 0 spiro atoms. The monoisotopic (exact) mass is 247 g/mol. The Balaban J connectivity index is 2.16. The second kappa shape index (κ2) is 7.91. The van der Waals surface area contributed by atoms with Gasteiger partial charge in [-0.05, 0) is 31.4 Å². The largest absolute Gasteiger partial charge is 0.352 e. The summed E-state index contributed by atoms with van der Waals surface area (Å²) in [5, 5.41) is 2.97. The van der Waals surface area contributed by atoms with Crippen molar-refractivity contribution < 1.29 is 4.79 Å². The van der Waals surface area contributed by atoms with Crippen molar-refractivity contribution >= 4 is 5.91 Å². The third-order valence-corrected chi connectivity index (χ3v) is 3.06. The van der Waals surface area contributed by atoms with Gasteiger partial charge in [0.1, 0.15) is 0 Å². The highest BCUT2D eigenvalue weighted by atomic mass is 16.1. The van der Waals surface area contributed by atoms with Crippen molar-refractivity contribution in [2.75, 3.05) is 6.54 Å². The first-order valence-electron chi connectivity index (χ1n) is 6.94. The number of benzene rings is 1. The number of amides is 1. The van der Waals surface area contributed by atoms with Crippen LogP contribution >= 0.6 is 0 Å². The van der Waals surface area contributed by atoms with E-state index in [-0.39, 0.29) is 5.91 Å². The Morgan fingerprint density at radius 1 is 1.11 bits per heavy atom. The van der Waals surface area contributed by atoms with Crippen LogP contribution in [0.1, 0.15) is 55.5 Å². The van der Waals surface area contributed by atoms with E-state index in [1.54, 1.807) is 0 Å². The van der Waals surface area contributed by atoms with E-state index in [2.05, 4.69) is 19.2 Å². The summed E-state index contributed by atoms with van der Waals surface area (Å²) < 4.78 is 0. The van der Waals surface area contributed by atoms with Crippen LogP contribution in [0.3, 0.4) is 0 Å². The van der Waals surface area contributed by atoms with Crippen LogP contribution in [0.2, 0.25) is 0 Å². The summed E-state index contributed by atoms with van der Waals surface area (Å²) in [6.07, 6.45) is 4.82. The van der Waals surface area contributed by atoms with Crippen LogP contribution in [0.4, 0.5) is 0 Å². The lowest BCUT2D eigenvalue weighted by Gasteiger charge is -2.06. The van der Waals surface area contributed by atoms with Crippen molar-refractivity contribution in [3.05, 3.63) is 35.4 Å². The summed E-state index contributed by atoms with van der Waals surface area (Å²) in [4.78, 5) is 11.8. The van der Waals surface area contributed by atoms with Gasteiger partial charge in [0.25, 0.3) is 5.91 Å². The highest BCUT2D eigenvalue weighted by Crippen LogP contribution is 2.07. The maximum atomic E-state index is 11.8. The molecule has 100 valence electrons. The molecule has 0 aliphatic carbocycles. The van der Waals surface area contributed by atoms with Crippen LogP contribution in [-0.2, 0) is 0 Å². The van der Waals surface area contributed by atoms with Crippen LogP contribution in [0, 0.1) is 12.8 Å². The number of unbranched alkanes of at least 4 members (excludes halogenated alkanes) is 2. The maximum absolute atomic E-state index is 11.8. The molecule has 18 heavy (non-hydrogen) atoms. The van der Waals surface area contributed by atoms with Crippen LogP contribution in [-0.4, -0.2) is 12.5 Å². The number of hydrogen-bond acceptors (Lipinski definition) is 1. The fourth-order valence-corrected chi connectivity index (χ4v) is 1.86. The Hall–Kier alpha value is -1.31. The molecule has 1 N–H and O–H groups in total. The molecule has 0 bridgehead atoms. The highest BCUT2D eigenvalue weighted by Gasteiger charge is 2.03. The molecule has 1 aromatic rings. The summed E-state index contributed by atoms with van der Waals surface area (Å²) >= 11 is 0. The molecule has 0 aromatic heterocycles. The van der Waals surface area contributed by atoms with Gasteiger partial charge in [-0.1, -0.05) is 50.8 Å². The van der Waals surface area contributed by atoms with Gasteiger partial charge in [0.2, 0.25) is 0 Å². The first-order chi connectivity index (χ1) is 8.59. The summed E-state index contributed by atoms with van der Waals surface area (Å²) in [6, 6.07) is 7.70. The van der Waals surface area contributed by atoms with Crippen molar-refractivity contribution in [3.63, 3.8) is 0 Å². The molecule has 0 aliphatic rings. The Kier molecular flexibility index (Phi) is 6.48. The van der Waals surface area contributed by atoms with Gasteiger partial charge >= 0.3 is 0 Å². The Morgan fingerprint density at radius 3 is 2.39 bits per heavy atom. The van der Waals surface area contributed by atoms with E-state index in [1.165, 1.54) is 24.8 Å². The molecule has 2 nitrogen and oxygen atoms in total. The quantitative estimate of drug-likeness (QED) is 0.726. The molecular weight excluding hydrogens is 222 g/mol. The van der Waals surface area contributed by atoms with Crippen molar-refractivity contribution in [3.8, 4) is 0 Å². The number of hydrogen-bond donors (Lipinski definition) is 1. The zero-order valence-corrected chi connectivity index (χ0v) is 11.8. The van der Waals surface area contributed by atoms with Gasteiger partial charge < -0.3 is 5.32 Å². The van der Waals surface area contributed by atoms with E-state index >= 15 is 0 Å². The van der Waals surface area contributed by atoms with Crippen LogP contribution in [0.15, 0.2) is 24.3 Å². The van der Waals surface area contributed by atoms with Crippen LogP contribution < -0.4 is 5.32 Å². The third kappa shape index (κ3) is 5.85. The summed E-state index contributed by atoms with van der Waals surface area (Å²) in [7, 11) is 0. The van der Waals surface area contributed by atoms with E-state index in [9.17, 15) is 4.79 Å². The molecule has 0 atom stereocenters. The fourth-order valence-electron chi connectivity index (χ4n) is 1.86. The average molecular weight is 247 g/mol. The van der Waals surface area contributed by atoms with Gasteiger partial charge in [-0.3, -0.25) is 4.79 Å². The minimum Gasteiger partial charge on any atom is -0.352 e. The Labute approximate surface area is 111 Å². The summed E-state index contributed by atoms with van der Waals surface area (Å²) in [5.74, 6) is 0.825. The highest BCUT2D eigenvalue weighted by molar-refractivity contribution is 5.94. The van der Waals surface area contributed by atoms with Crippen molar-refractivity contribution in [2.24, 2.45) is 5.92 Å². The smallest absolute Gasteiger partial charge is 0.251 e. The molecule has 0 saturated heterocycles. The summed E-state index contributed by atoms with van der Waals surface area (Å²) in [5.41, 5.74) is 1.93. The number of aryl methyl sites for hydroxylation is 1. The second-order valence-electron chi connectivity index (χ2n) is 5.37. The predicted molar refractivity (Wildman–Crippen MR) is 76.8 cm³/mol. The van der Waals surface area contributed by atoms with Crippen LogP contribution in [0.25, 0.3) is 0 Å². The number of carbonyl (C=O) groups is 1. The van der Waals surface area contributed by atoms with Gasteiger partial charge in [-0.15, -0.1) is 0 Å². The van der Waals surface area contributed by atoms with E-state index in [1.807, 2.05) is 31.2 Å². The molecule has 1 amide bonds. The Bertz CT molecular complexity index is 354. The molecular formula is C16H25NO. The average Bonchev–Trinajstić information content (AvgIpc) is 2.34. The van der Waals surface area contributed by atoms with Crippen molar-refractivity contribution in [1.82, 2.24) is 5.32 Å². The van der Waals surface area contributed by atoms with Gasteiger partial charge in [0, 0.05) is 12.1 Å². The lowest BCUT2D eigenvalue weighted by atomic mass is 10.1. The molecule has 2 heteroatoms. The molecule has 0 heterocycles. The predicted octanol–water partition coefficient (Wildman–Crippen LogP) is 3.94. The SMILES string of the molecule is Cc1ccc(C(=O)NCCCCCC(C)C)cc1. The van der Waals surface area contributed by atoms with Gasteiger partial charge in [-0.25, -0.2) is 0 Å². The van der Waals surface area contributed by atoms with E-state index in [4.69, 9.17) is 0 Å². The first kappa shape index (κ1) is 14.7. The lowest BCUT2D eigenvalue weighted by Crippen LogP contribution is -2.24. The van der Waals surface area contributed by atoms with Crippen molar-refractivity contribution in [1.29, 1.82) is 0 Å². The molecule has 1 aromatic carbocycles. The minimum absolute atomic E-state index is 0.0406. The molecule has 0 aliphatic heterocycles. The molecule has 0 unspecified atom stereocenters. The zero-order chi connectivity index (χ0) is 13.4. The van der Waals surface area contributed by atoms with E-state index in [0.717, 1.165) is 24.4 Å². The van der Waals surface area contributed by atoms with Gasteiger partial charge in [0.15, 0.2) is 0 Å². The molecule has 0 radical (unpaired) electrons. The fraction of sp³-hybridized carbons (Fsp3) is 0.562.